The van der Waals surface area contributed by atoms with Crippen LogP contribution >= 0.6 is 0 Å². The van der Waals surface area contributed by atoms with Gasteiger partial charge in [0, 0.05) is 6.04 Å². The molecule has 1 unspecified atom stereocenters. The van der Waals surface area contributed by atoms with E-state index in [9.17, 15) is 4.79 Å². The second-order valence-electron chi connectivity index (χ2n) is 5.33. The summed E-state index contributed by atoms with van der Waals surface area (Å²) >= 11 is 0. The number of anilines is 2. The standard InChI is InChI=1S/C15H22N2O2/c1-10(2)19-9-14(18)17-13-6-4-5-12-8-7-11(3)16-15(12)13/h4-6,10-11,16H,7-9H2,1-3H3,(H,17,18). The van der Waals surface area contributed by atoms with Crippen LogP contribution in [0.1, 0.15) is 32.8 Å². The molecule has 1 aromatic carbocycles. The van der Waals surface area contributed by atoms with E-state index in [2.05, 4.69) is 23.6 Å². The van der Waals surface area contributed by atoms with Crippen molar-refractivity contribution in [1.82, 2.24) is 0 Å². The largest absolute Gasteiger partial charge is 0.381 e. The number of hydrogen-bond acceptors (Lipinski definition) is 3. The van der Waals surface area contributed by atoms with Gasteiger partial charge in [-0.3, -0.25) is 4.79 Å². The van der Waals surface area contributed by atoms with Crippen molar-refractivity contribution in [2.24, 2.45) is 0 Å². The zero-order chi connectivity index (χ0) is 13.8. The maximum Gasteiger partial charge on any atom is 0.250 e. The van der Waals surface area contributed by atoms with Crippen molar-refractivity contribution < 1.29 is 9.53 Å². The minimum atomic E-state index is -0.109. The molecule has 4 nitrogen and oxygen atoms in total. The van der Waals surface area contributed by atoms with Gasteiger partial charge in [0.25, 0.3) is 0 Å². The Morgan fingerprint density at radius 3 is 3.05 bits per heavy atom. The molecule has 0 saturated carbocycles. The zero-order valence-electron chi connectivity index (χ0n) is 11.8. The Bertz CT molecular complexity index is 457. The Morgan fingerprint density at radius 1 is 1.53 bits per heavy atom. The van der Waals surface area contributed by atoms with Gasteiger partial charge in [0.1, 0.15) is 6.61 Å². The predicted molar refractivity (Wildman–Crippen MR) is 77.6 cm³/mol. The van der Waals surface area contributed by atoms with E-state index in [1.165, 1.54) is 5.56 Å². The second-order valence-corrected chi connectivity index (χ2v) is 5.33. The lowest BCUT2D eigenvalue weighted by Crippen LogP contribution is -2.25. The average molecular weight is 262 g/mol. The summed E-state index contributed by atoms with van der Waals surface area (Å²) in [6, 6.07) is 6.46. The maximum atomic E-state index is 11.8. The van der Waals surface area contributed by atoms with E-state index >= 15 is 0 Å². The summed E-state index contributed by atoms with van der Waals surface area (Å²) in [5.74, 6) is -0.109. The maximum absolute atomic E-state index is 11.8. The smallest absolute Gasteiger partial charge is 0.250 e. The van der Waals surface area contributed by atoms with Crippen LogP contribution in [0.15, 0.2) is 18.2 Å². The molecule has 1 aromatic rings. The molecule has 0 saturated heterocycles. The molecule has 0 fully saturated rings. The van der Waals surface area contributed by atoms with Gasteiger partial charge in [0.05, 0.1) is 17.5 Å². The van der Waals surface area contributed by atoms with Crippen molar-refractivity contribution in [2.75, 3.05) is 17.2 Å². The fourth-order valence-electron chi connectivity index (χ4n) is 2.20. The summed E-state index contributed by atoms with van der Waals surface area (Å²) in [7, 11) is 0. The topological polar surface area (TPSA) is 50.4 Å². The molecule has 1 amide bonds. The molecule has 1 atom stereocenters. The minimum absolute atomic E-state index is 0.0635. The van der Waals surface area contributed by atoms with E-state index in [4.69, 9.17) is 4.74 Å². The summed E-state index contributed by atoms with van der Waals surface area (Å²) in [5.41, 5.74) is 3.17. The van der Waals surface area contributed by atoms with Crippen LogP contribution in [0, 0.1) is 0 Å². The molecular formula is C15H22N2O2. The minimum Gasteiger partial charge on any atom is -0.381 e. The van der Waals surface area contributed by atoms with Gasteiger partial charge in [-0.25, -0.2) is 0 Å². The van der Waals surface area contributed by atoms with E-state index in [0.29, 0.717) is 6.04 Å². The number of para-hydroxylation sites is 1. The molecular weight excluding hydrogens is 240 g/mol. The van der Waals surface area contributed by atoms with Gasteiger partial charge in [0.15, 0.2) is 0 Å². The number of benzene rings is 1. The third-order valence-electron chi connectivity index (χ3n) is 3.21. The van der Waals surface area contributed by atoms with Crippen LogP contribution in [-0.2, 0) is 16.0 Å². The van der Waals surface area contributed by atoms with Crippen LogP contribution in [0.5, 0.6) is 0 Å². The molecule has 0 aliphatic carbocycles. The lowest BCUT2D eigenvalue weighted by atomic mass is 9.98. The van der Waals surface area contributed by atoms with E-state index in [1.54, 1.807) is 0 Å². The number of ether oxygens (including phenoxy) is 1. The van der Waals surface area contributed by atoms with Crippen LogP contribution in [0.3, 0.4) is 0 Å². The third-order valence-corrected chi connectivity index (χ3v) is 3.21. The molecule has 2 N–H and O–H groups in total. The quantitative estimate of drug-likeness (QED) is 0.877. The van der Waals surface area contributed by atoms with Crippen molar-refractivity contribution >= 4 is 17.3 Å². The Hall–Kier alpha value is -1.55. The zero-order valence-corrected chi connectivity index (χ0v) is 11.8. The van der Waals surface area contributed by atoms with Crippen molar-refractivity contribution in [3.63, 3.8) is 0 Å². The Balaban J connectivity index is 2.06. The van der Waals surface area contributed by atoms with Gasteiger partial charge in [-0.1, -0.05) is 12.1 Å². The fourth-order valence-corrected chi connectivity index (χ4v) is 2.20. The molecule has 0 bridgehead atoms. The molecule has 2 rings (SSSR count). The fraction of sp³-hybridized carbons (Fsp3) is 0.533. The molecule has 4 heteroatoms. The van der Waals surface area contributed by atoms with Gasteiger partial charge in [0.2, 0.25) is 5.91 Å². The summed E-state index contributed by atoms with van der Waals surface area (Å²) in [4.78, 5) is 11.8. The summed E-state index contributed by atoms with van der Waals surface area (Å²) in [6.07, 6.45) is 2.24. The van der Waals surface area contributed by atoms with Crippen molar-refractivity contribution in [3.05, 3.63) is 23.8 Å². The first kappa shape index (κ1) is 13.9. The van der Waals surface area contributed by atoms with E-state index in [1.807, 2.05) is 26.0 Å². The van der Waals surface area contributed by atoms with Crippen LogP contribution in [0.2, 0.25) is 0 Å². The van der Waals surface area contributed by atoms with Gasteiger partial charge in [-0.2, -0.15) is 0 Å². The molecule has 19 heavy (non-hydrogen) atoms. The molecule has 0 aromatic heterocycles. The highest BCUT2D eigenvalue weighted by molar-refractivity contribution is 5.95. The van der Waals surface area contributed by atoms with Crippen LogP contribution in [0.4, 0.5) is 11.4 Å². The lowest BCUT2D eigenvalue weighted by Gasteiger charge is -2.26. The predicted octanol–water partition coefficient (Wildman–Crippen LogP) is 2.80. The lowest BCUT2D eigenvalue weighted by molar-refractivity contribution is -0.121. The highest BCUT2D eigenvalue weighted by Crippen LogP contribution is 2.31. The number of nitrogens with one attached hydrogen (secondary N) is 2. The first-order valence-corrected chi connectivity index (χ1v) is 6.86. The van der Waals surface area contributed by atoms with Gasteiger partial charge in [-0.05, 0) is 45.2 Å². The normalized spacial score (nSPS) is 17.8. The van der Waals surface area contributed by atoms with Crippen LogP contribution in [0.25, 0.3) is 0 Å². The number of rotatable bonds is 4. The van der Waals surface area contributed by atoms with E-state index in [-0.39, 0.29) is 18.6 Å². The van der Waals surface area contributed by atoms with Crippen molar-refractivity contribution in [1.29, 1.82) is 0 Å². The van der Waals surface area contributed by atoms with E-state index < -0.39 is 0 Å². The molecule has 1 heterocycles. The first-order valence-electron chi connectivity index (χ1n) is 6.86. The molecule has 0 radical (unpaired) electrons. The first-order chi connectivity index (χ1) is 9.06. The number of aryl methyl sites for hydroxylation is 1. The molecule has 104 valence electrons. The van der Waals surface area contributed by atoms with Gasteiger partial charge in [-0.15, -0.1) is 0 Å². The van der Waals surface area contributed by atoms with Crippen molar-refractivity contribution in [3.8, 4) is 0 Å². The molecule has 1 aliphatic heterocycles. The molecule has 0 spiro atoms. The highest BCUT2D eigenvalue weighted by Gasteiger charge is 2.17. The van der Waals surface area contributed by atoms with Crippen molar-refractivity contribution in [2.45, 2.75) is 45.8 Å². The van der Waals surface area contributed by atoms with Crippen LogP contribution < -0.4 is 10.6 Å². The Morgan fingerprint density at radius 2 is 2.32 bits per heavy atom. The SMILES string of the molecule is CC1CCc2cccc(NC(=O)COC(C)C)c2N1. The Labute approximate surface area is 114 Å². The number of carbonyl (C=O) groups is 1. The number of carbonyl (C=O) groups excluding carboxylic acids is 1. The van der Waals surface area contributed by atoms with E-state index in [0.717, 1.165) is 24.2 Å². The second kappa shape index (κ2) is 6.06. The molecule has 1 aliphatic rings. The summed E-state index contributed by atoms with van der Waals surface area (Å²) in [5, 5.41) is 6.36. The number of amides is 1. The highest BCUT2D eigenvalue weighted by atomic mass is 16.5. The van der Waals surface area contributed by atoms with Crippen LogP contribution in [-0.4, -0.2) is 24.7 Å². The summed E-state index contributed by atoms with van der Waals surface area (Å²) in [6.45, 7) is 6.09. The Kier molecular flexibility index (Phi) is 4.43. The average Bonchev–Trinajstić information content (AvgIpc) is 2.37. The number of fused-ring (bicyclic) bond motifs is 1. The monoisotopic (exact) mass is 262 g/mol. The van der Waals surface area contributed by atoms with Gasteiger partial charge >= 0.3 is 0 Å². The summed E-state index contributed by atoms with van der Waals surface area (Å²) < 4.78 is 5.31. The number of hydrogen-bond donors (Lipinski definition) is 2. The third kappa shape index (κ3) is 3.70. The van der Waals surface area contributed by atoms with Gasteiger partial charge < -0.3 is 15.4 Å².